The molecule has 1 aromatic heterocycles. The molecule has 182 valence electrons. The summed E-state index contributed by atoms with van der Waals surface area (Å²) in [6.07, 6.45) is 3.24. The summed E-state index contributed by atoms with van der Waals surface area (Å²) >= 11 is 0. The van der Waals surface area contributed by atoms with Crippen molar-refractivity contribution in [2.24, 2.45) is 0 Å². The third-order valence-electron chi connectivity index (χ3n) is 5.66. The molecule has 0 spiro atoms. The minimum atomic E-state index is -0.975. The van der Waals surface area contributed by atoms with Crippen molar-refractivity contribution in [3.63, 3.8) is 0 Å². The number of rotatable bonds is 7. The highest BCUT2D eigenvalue weighted by Gasteiger charge is 2.23. The molecule has 2 heterocycles. The van der Waals surface area contributed by atoms with E-state index in [-0.39, 0.29) is 11.7 Å². The highest BCUT2D eigenvalue weighted by Crippen LogP contribution is 2.37. The third-order valence-corrected chi connectivity index (χ3v) is 5.66. The zero-order valence-electron chi connectivity index (χ0n) is 19.4. The number of amides is 1. The van der Waals surface area contributed by atoms with E-state index in [1.807, 2.05) is 13.8 Å². The van der Waals surface area contributed by atoms with Gasteiger partial charge in [0.2, 0.25) is 0 Å². The van der Waals surface area contributed by atoms with E-state index in [0.29, 0.717) is 21.6 Å². The summed E-state index contributed by atoms with van der Waals surface area (Å²) in [5.41, 5.74) is 0.978. The van der Waals surface area contributed by atoms with Gasteiger partial charge in [-0.25, -0.2) is 8.78 Å². The molecule has 4 rings (SSSR count). The molecule has 0 unspecified atom stereocenters. The topological polar surface area (TPSA) is 103 Å². The summed E-state index contributed by atoms with van der Waals surface area (Å²) in [4.78, 5) is 27.5. The van der Waals surface area contributed by atoms with E-state index in [0.717, 1.165) is 49.8 Å². The van der Waals surface area contributed by atoms with Crippen LogP contribution < -0.4 is 21.1 Å². The summed E-state index contributed by atoms with van der Waals surface area (Å²) in [6, 6.07) is 9.11. The van der Waals surface area contributed by atoms with Gasteiger partial charge in [0.15, 0.2) is 11.6 Å². The van der Waals surface area contributed by atoms with Gasteiger partial charge in [-0.3, -0.25) is 9.59 Å². The van der Waals surface area contributed by atoms with Crippen molar-refractivity contribution in [3.8, 4) is 5.69 Å². The summed E-state index contributed by atoms with van der Waals surface area (Å²) < 4.78 is 29.1. The average Bonchev–Trinajstić information content (AvgIpc) is 3.35. The number of carbonyl (C=O) groups is 1. The van der Waals surface area contributed by atoms with Crippen LogP contribution in [0.25, 0.3) is 5.69 Å². The number of halogens is 2. The molecule has 8 nitrogen and oxygen atoms in total. The Labute approximate surface area is 201 Å². The van der Waals surface area contributed by atoms with Crippen LogP contribution in [0.4, 0.5) is 25.8 Å². The number of carbonyl (C=O) groups excluding carboxylic acids is 1. The molecule has 1 aliphatic heterocycles. The third kappa shape index (κ3) is 4.91. The number of para-hydroxylation sites is 1. The molecule has 35 heavy (non-hydrogen) atoms. The Morgan fingerprint density at radius 3 is 2.31 bits per heavy atom. The van der Waals surface area contributed by atoms with Crippen LogP contribution in [0.5, 0.6) is 0 Å². The van der Waals surface area contributed by atoms with Gasteiger partial charge in [0.25, 0.3) is 11.5 Å². The fraction of sp³-hybridized carbons (Fsp3) is 0.280. The first-order valence-electron chi connectivity index (χ1n) is 11.3. The van der Waals surface area contributed by atoms with Crippen molar-refractivity contribution < 1.29 is 13.6 Å². The smallest absolute Gasteiger partial charge is 0.276 e. The largest absolute Gasteiger partial charge is 0.382 e. The lowest BCUT2D eigenvalue weighted by molar-refractivity contribution is 0.102. The SMILES string of the molecule is CC(C)Nc1ccc(NC(=O)c2ccc(=O)n(-c3c(F)cccc3F)n2)c(N2CCCC2)c1C=N. The first-order chi connectivity index (χ1) is 16.8. The average molecular weight is 481 g/mol. The van der Waals surface area contributed by atoms with Crippen molar-refractivity contribution in [3.05, 3.63) is 75.7 Å². The maximum Gasteiger partial charge on any atom is 0.276 e. The van der Waals surface area contributed by atoms with E-state index in [1.54, 1.807) is 12.1 Å². The van der Waals surface area contributed by atoms with Crippen LogP contribution in [0.1, 0.15) is 42.7 Å². The zero-order valence-corrected chi connectivity index (χ0v) is 19.4. The Morgan fingerprint density at radius 2 is 1.69 bits per heavy atom. The second-order valence-electron chi connectivity index (χ2n) is 8.55. The van der Waals surface area contributed by atoms with Gasteiger partial charge in [-0.15, -0.1) is 0 Å². The van der Waals surface area contributed by atoms with E-state index < -0.39 is 28.8 Å². The molecule has 1 aliphatic rings. The van der Waals surface area contributed by atoms with Crippen molar-refractivity contribution in [1.82, 2.24) is 9.78 Å². The zero-order chi connectivity index (χ0) is 25.1. The number of benzene rings is 2. The van der Waals surface area contributed by atoms with Crippen LogP contribution in [0.3, 0.4) is 0 Å². The van der Waals surface area contributed by atoms with E-state index >= 15 is 0 Å². The second kappa shape index (κ2) is 10.0. The van der Waals surface area contributed by atoms with Gasteiger partial charge in [-0.1, -0.05) is 6.07 Å². The first-order valence-corrected chi connectivity index (χ1v) is 11.3. The van der Waals surface area contributed by atoms with Crippen molar-refractivity contribution in [2.45, 2.75) is 32.7 Å². The highest BCUT2D eigenvalue weighted by atomic mass is 19.1. The molecule has 0 saturated carbocycles. The van der Waals surface area contributed by atoms with Crippen LogP contribution >= 0.6 is 0 Å². The van der Waals surface area contributed by atoms with Gasteiger partial charge < -0.3 is 20.9 Å². The van der Waals surface area contributed by atoms with E-state index in [9.17, 15) is 18.4 Å². The normalized spacial score (nSPS) is 13.2. The van der Waals surface area contributed by atoms with Crippen LogP contribution in [0, 0.1) is 17.0 Å². The molecule has 1 amide bonds. The molecule has 3 N–H and O–H groups in total. The molecule has 3 aromatic rings. The summed E-state index contributed by atoms with van der Waals surface area (Å²) in [5.74, 6) is -2.61. The maximum atomic E-state index is 14.3. The molecule has 10 heteroatoms. The Hall–Kier alpha value is -4.08. The molecular weight excluding hydrogens is 454 g/mol. The van der Waals surface area contributed by atoms with Gasteiger partial charge in [0, 0.05) is 42.7 Å². The molecular formula is C25H26F2N6O2. The predicted octanol–water partition coefficient (Wildman–Crippen LogP) is 4.18. The van der Waals surface area contributed by atoms with Crippen LogP contribution in [-0.2, 0) is 0 Å². The lowest BCUT2D eigenvalue weighted by Crippen LogP contribution is -2.27. The quantitative estimate of drug-likeness (QED) is 0.440. The van der Waals surface area contributed by atoms with Gasteiger partial charge in [0.05, 0.1) is 11.4 Å². The minimum Gasteiger partial charge on any atom is -0.382 e. The number of hydrogen-bond donors (Lipinski definition) is 3. The van der Waals surface area contributed by atoms with Crippen LogP contribution in [-0.4, -0.2) is 41.0 Å². The summed E-state index contributed by atoms with van der Waals surface area (Å²) in [6.45, 7) is 5.56. The standard InChI is InChI=1S/C25H26F2N6O2/c1-15(2)29-19-8-9-20(23(16(19)14-28)32-12-3-4-13-32)30-25(35)21-10-11-22(34)33(31-21)24-17(26)6-5-7-18(24)27/h5-11,14-15,28-29H,3-4,12-13H2,1-2H3,(H,30,35). The Balaban J connectivity index is 1.74. The molecule has 2 aromatic carbocycles. The Bertz CT molecular complexity index is 1310. The monoisotopic (exact) mass is 480 g/mol. The van der Waals surface area contributed by atoms with Crippen molar-refractivity contribution >= 4 is 29.2 Å². The summed E-state index contributed by atoms with van der Waals surface area (Å²) in [5, 5.41) is 18.1. The van der Waals surface area contributed by atoms with Crippen molar-refractivity contribution in [1.29, 1.82) is 5.41 Å². The summed E-state index contributed by atoms with van der Waals surface area (Å²) in [7, 11) is 0. The van der Waals surface area contributed by atoms with Gasteiger partial charge in [-0.05, 0) is 57.0 Å². The molecule has 0 bridgehead atoms. The Morgan fingerprint density at radius 1 is 1.03 bits per heavy atom. The maximum absolute atomic E-state index is 14.3. The number of hydrogen-bond acceptors (Lipinski definition) is 6. The van der Waals surface area contributed by atoms with Crippen LogP contribution in [0.15, 0.2) is 47.3 Å². The fourth-order valence-corrected chi connectivity index (χ4v) is 4.14. The number of nitrogens with zero attached hydrogens (tertiary/aromatic N) is 3. The fourth-order valence-electron chi connectivity index (χ4n) is 4.14. The van der Waals surface area contributed by atoms with E-state index in [2.05, 4.69) is 20.6 Å². The highest BCUT2D eigenvalue weighted by molar-refractivity contribution is 6.08. The van der Waals surface area contributed by atoms with Crippen LogP contribution in [0.2, 0.25) is 0 Å². The van der Waals surface area contributed by atoms with Gasteiger partial charge >= 0.3 is 0 Å². The predicted molar refractivity (Wildman–Crippen MR) is 132 cm³/mol. The number of nitrogens with one attached hydrogen (secondary N) is 3. The first kappa shape index (κ1) is 24.1. The lowest BCUT2D eigenvalue weighted by Gasteiger charge is -2.26. The van der Waals surface area contributed by atoms with Crippen molar-refractivity contribution in [2.75, 3.05) is 28.6 Å². The second-order valence-corrected chi connectivity index (χ2v) is 8.55. The molecule has 0 atom stereocenters. The van der Waals surface area contributed by atoms with Gasteiger partial charge in [-0.2, -0.15) is 9.78 Å². The number of aromatic nitrogens is 2. The van der Waals surface area contributed by atoms with E-state index in [4.69, 9.17) is 5.41 Å². The number of anilines is 3. The molecule has 0 aliphatic carbocycles. The Kier molecular flexibility index (Phi) is 6.90. The molecule has 0 radical (unpaired) electrons. The minimum absolute atomic E-state index is 0.143. The molecule has 1 fully saturated rings. The van der Waals surface area contributed by atoms with Gasteiger partial charge in [0.1, 0.15) is 11.4 Å². The lowest BCUT2D eigenvalue weighted by atomic mass is 10.1. The molecule has 1 saturated heterocycles. The van der Waals surface area contributed by atoms with E-state index in [1.165, 1.54) is 18.3 Å².